The van der Waals surface area contributed by atoms with Crippen molar-refractivity contribution in [2.45, 2.75) is 32.5 Å². The van der Waals surface area contributed by atoms with Gasteiger partial charge in [-0.3, -0.25) is 28.8 Å². The number of esters is 6. The first kappa shape index (κ1) is 48.6. The van der Waals surface area contributed by atoms with Gasteiger partial charge in [0.25, 0.3) is 0 Å². The summed E-state index contributed by atoms with van der Waals surface area (Å²) in [6.07, 6.45) is 0. The summed E-state index contributed by atoms with van der Waals surface area (Å²) >= 11 is 0. The van der Waals surface area contributed by atoms with Crippen LogP contribution in [0.1, 0.15) is 66.8 Å². The molecule has 18 aliphatic rings. The number of carbonyl (C=O) groups excluding carboxylic acids is 6. The SMILES string of the molecule is O=C1OCCOCCOCCOC(=O)C23C(=O)OCCOCCOCCOC(=O)C45C(=O)OCCOCCOCCOC(=O)C16C17c8c9c%10c%11c%12c8-c8c1c1c%13c%14c%15c%16c(c-9c9c%17c%18c%19c%20c%21c(c-%11c%11c%22c%23c%24c%25c(c8C%242C%12%113)c1c1c%13c2c%15c3c(c%17%16)c%18c8c%20c%11c(c%22%21)c%23c%12c%25c1c1c2c3c8c%11c%121)C%194C%1095)C%1467. The van der Waals surface area contributed by atoms with E-state index in [-0.39, 0.29) is 119 Å². The fourth-order valence-electron chi connectivity index (χ4n) is 33.5. The first-order valence-corrected chi connectivity index (χ1v) is 37.6. The van der Waals surface area contributed by atoms with Gasteiger partial charge in [0.05, 0.1) is 112 Å². The largest absolute Gasteiger partial charge is 0.462 e. The van der Waals surface area contributed by atoms with Crippen molar-refractivity contribution in [2.75, 3.05) is 119 Å². The second kappa shape index (κ2) is 12.5. The Balaban J connectivity index is 0.903. The lowest BCUT2D eigenvalue weighted by Crippen LogP contribution is -2.40. The van der Waals surface area contributed by atoms with Crippen LogP contribution in [-0.4, -0.2) is 155 Å². The summed E-state index contributed by atoms with van der Waals surface area (Å²) in [4.78, 5) is 108. The third-order valence-electron chi connectivity index (χ3n) is 33.8. The topological polar surface area (TPSA) is 213 Å². The van der Waals surface area contributed by atoms with E-state index in [2.05, 4.69) is 0 Å². The standard InChI is InChI=1S/C87H36O18/c88-73-85-77(92)104-17-11-98-5-2-96-9-15-102-75(90)87-78(93)105-18-12-99-6-3-95-8-14-101-74(89)86(76(91)103-16-10-97-4-1-94-7-13-100-73)80-62-44-35-27-21-23-19-22-20-24(21)30-36-26(20)31-37-28(22)34-25(19)32-38(29(23)35)47(62)53-40(32)49-43(34)61-46(37)52-41(31)51-45(36)63-48-39(30)33(27)42-50(44)65(80)57-60-71-58-55(68(53)83(71,80)86)64(49)79(61,85)82(85)67(52)56-59(70(58)82)72(60)84(87,69(57)54(42)48)81(63,87)66(51)56/h1-18H2. The van der Waals surface area contributed by atoms with Gasteiger partial charge in [-0.25, -0.2) is 0 Å². The average molecular weight is 1370 g/mol. The summed E-state index contributed by atoms with van der Waals surface area (Å²) < 4.78 is 80.1. The van der Waals surface area contributed by atoms with E-state index in [4.69, 9.17) is 56.8 Å². The van der Waals surface area contributed by atoms with Crippen LogP contribution in [0.3, 0.4) is 0 Å². The lowest BCUT2D eigenvalue weighted by molar-refractivity contribution is -0.170. The molecule has 3 heterocycles. The molecule has 14 bridgehead atoms. The minimum Gasteiger partial charge on any atom is -0.462 e. The van der Waals surface area contributed by atoms with E-state index in [0.29, 0.717) is 0 Å². The summed E-state index contributed by atoms with van der Waals surface area (Å²) in [5, 5.41) is 40.5. The van der Waals surface area contributed by atoms with Crippen LogP contribution < -0.4 is 0 Å². The van der Waals surface area contributed by atoms with Gasteiger partial charge < -0.3 is 56.8 Å². The molecule has 18 heteroatoms. The molecule has 38 rings (SSSR count). The second-order valence-electron chi connectivity index (χ2n) is 34.5. The van der Waals surface area contributed by atoms with Crippen molar-refractivity contribution < 1.29 is 85.6 Å². The number of cyclic esters (lactones) is 6. The van der Waals surface area contributed by atoms with Crippen LogP contribution in [0.4, 0.5) is 0 Å². The molecule has 0 amide bonds. The molecule has 3 fully saturated rings. The van der Waals surface area contributed by atoms with Gasteiger partial charge in [-0.15, -0.1) is 0 Å². The normalized spacial score (nSPS) is 34.3. The second-order valence-corrected chi connectivity index (χ2v) is 34.5. The maximum Gasteiger partial charge on any atom is 0.326 e. The minimum atomic E-state index is -2.25. The zero-order valence-corrected chi connectivity index (χ0v) is 54.6. The van der Waals surface area contributed by atoms with E-state index in [9.17, 15) is 0 Å². The third kappa shape index (κ3) is 3.00. The number of rotatable bonds is 0. The Labute approximate surface area is 580 Å². The predicted molar refractivity (Wildman–Crippen MR) is 375 cm³/mol. The van der Waals surface area contributed by atoms with E-state index in [1.807, 2.05) is 0 Å². The van der Waals surface area contributed by atoms with Gasteiger partial charge in [0, 0.05) is 0 Å². The van der Waals surface area contributed by atoms with Crippen LogP contribution in [0.25, 0.3) is 227 Å². The molecular weight excluding hydrogens is 1330 g/mol. The molecule has 105 heavy (non-hydrogen) atoms. The molecule has 3 saturated carbocycles. The van der Waals surface area contributed by atoms with E-state index in [1.54, 1.807) is 0 Å². The summed E-state index contributed by atoms with van der Waals surface area (Å²) in [7, 11) is 0. The summed E-state index contributed by atoms with van der Waals surface area (Å²) in [6.45, 7) is -0.760. The highest BCUT2D eigenvalue weighted by atomic mass is 16.6. The maximum absolute atomic E-state index is 18.1. The molecule has 492 valence electrons. The number of carbonyl (C=O) groups is 6. The van der Waals surface area contributed by atoms with E-state index < -0.39 is 84.6 Å². The molecule has 6 atom stereocenters. The van der Waals surface area contributed by atoms with Crippen molar-refractivity contribution in [3.05, 3.63) is 66.8 Å². The van der Waals surface area contributed by atoms with Gasteiger partial charge in [0.2, 0.25) is 0 Å². The molecule has 0 radical (unpaired) electrons. The molecule has 8 spiro atoms. The Kier molecular flexibility index (Phi) is 5.77. The first-order valence-electron chi connectivity index (χ1n) is 37.6. The zero-order valence-electron chi connectivity index (χ0n) is 54.6. The van der Waals surface area contributed by atoms with Crippen molar-refractivity contribution in [3.63, 3.8) is 0 Å². The number of hydrogen-bond donors (Lipinski definition) is 0. The molecule has 3 aliphatic heterocycles. The van der Waals surface area contributed by atoms with E-state index in [0.717, 1.165) is 229 Å². The van der Waals surface area contributed by atoms with Gasteiger partial charge in [0.15, 0.2) is 16.2 Å². The Morgan fingerprint density at radius 1 is 0.133 bits per heavy atom. The van der Waals surface area contributed by atoms with Gasteiger partial charge in [0.1, 0.15) is 39.6 Å². The minimum absolute atomic E-state index is 0.0275. The van der Waals surface area contributed by atoms with E-state index >= 15 is 28.8 Å². The third-order valence-corrected chi connectivity index (χ3v) is 33.8. The van der Waals surface area contributed by atoms with Crippen LogP contribution >= 0.6 is 0 Å². The lowest BCUT2D eigenvalue weighted by atomic mass is 9.65. The van der Waals surface area contributed by atoms with Crippen molar-refractivity contribution in [3.8, 4) is 33.4 Å². The predicted octanol–water partition coefficient (Wildman–Crippen LogP) is 10.7. The van der Waals surface area contributed by atoms with Crippen molar-refractivity contribution in [2.24, 2.45) is 16.2 Å². The first-order chi connectivity index (χ1) is 51.9. The summed E-state index contributed by atoms with van der Waals surface area (Å²) in [5.74, 6) is -4.39. The molecular formula is C87H36O18. The number of hydrogen-bond acceptors (Lipinski definition) is 18. The fourth-order valence-corrected chi connectivity index (χ4v) is 33.5. The Bertz CT molecular complexity index is 7490. The zero-order chi connectivity index (χ0) is 66.4. The van der Waals surface area contributed by atoms with Crippen molar-refractivity contribution in [1.82, 2.24) is 0 Å². The quantitative estimate of drug-likeness (QED) is 0.0597. The van der Waals surface area contributed by atoms with Gasteiger partial charge in [-0.05, 0) is 294 Å². The molecule has 0 N–H and O–H groups in total. The monoisotopic (exact) mass is 1370 g/mol. The summed E-state index contributed by atoms with van der Waals surface area (Å²) in [5.41, 5.74) is -1.71. The molecule has 6 unspecified atom stereocenters. The van der Waals surface area contributed by atoms with Crippen molar-refractivity contribution in [1.29, 1.82) is 0 Å². The molecule has 18 nitrogen and oxygen atoms in total. The number of ether oxygens (including phenoxy) is 12. The molecule has 20 aromatic rings. The average Bonchev–Trinajstić information content (AvgIpc) is 1.33. The Morgan fingerprint density at radius 2 is 0.257 bits per heavy atom. The smallest absolute Gasteiger partial charge is 0.326 e. The number of benzene rings is 14. The molecule has 20 aromatic carbocycles. The molecule has 0 saturated heterocycles. The fraction of sp³-hybridized carbons (Fsp3) is 0.310. The highest BCUT2D eigenvalue weighted by Crippen LogP contribution is 3.07. The Hall–Kier alpha value is -10.4. The summed E-state index contributed by atoms with van der Waals surface area (Å²) in [6, 6.07) is 0. The van der Waals surface area contributed by atoms with Crippen molar-refractivity contribution >= 4 is 230 Å². The van der Waals surface area contributed by atoms with Gasteiger partial charge in [-0.1, -0.05) is 0 Å². The molecule has 15 aliphatic carbocycles. The van der Waals surface area contributed by atoms with Crippen LogP contribution in [0, 0.1) is 16.2 Å². The lowest BCUT2D eigenvalue weighted by Gasteiger charge is -2.35. The van der Waals surface area contributed by atoms with Gasteiger partial charge in [-0.2, -0.15) is 0 Å². The van der Waals surface area contributed by atoms with Crippen LogP contribution in [-0.2, 0) is 118 Å². The maximum atomic E-state index is 18.1. The highest BCUT2D eigenvalue weighted by Gasteiger charge is 3.10. The van der Waals surface area contributed by atoms with Crippen LogP contribution in [0.15, 0.2) is 0 Å². The Morgan fingerprint density at radius 3 is 0.438 bits per heavy atom. The van der Waals surface area contributed by atoms with Crippen LogP contribution in [0.2, 0.25) is 0 Å². The van der Waals surface area contributed by atoms with E-state index in [1.165, 1.54) is 64.6 Å². The van der Waals surface area contributed by atoms with Crippen LogP contribution in [0.5, 0.6) is 0 Å². The highest BCUT2D eigenvalue weighted by molar-refractivity contribution is 6.76. The molecule has 0 aromatic heterocycles. The van der Waals surface area contributed by atoms with Gasteiger partial charge >= 0.3 is 35.8 Å².